The summed E-state index contributed by atoms with van der Waals surface area (Å²) in [6.45, 7) is 2.04. The van der Waals surface area contributed by atoms with Crippen molar-refractivity contribution in [3.63, 3.8) is 0 Å². The van der Waals surface area contributed by atoms with Gasteiger partial charge in [-0.15, -0.1) is 0 Å². The van der Waals surface area contributed by atoms with E-state index in [-0.39, 0.29) is 5.97 Å². The minimum atomic E-state index is -0.364. The summed E-state index contributed by atoms with van der Waals surface area (Å²) >= 11 is 0. The number of rotatable bonds is 2. The van der Waals surface area contributed by atoms with E-state index in [4.69, 9.17) is 9.15 Å². The third kappa shape index (κ3) is 2.07. The van der Waals surface area contributed by atoms with Gasteiger partial charge in [0.15, 0.2) is 0 Å². The normalized spacial score (nSPS) is 10.7. The van der Waals surface area contributed by atoms with Crippen molar-refractivity contribution >= 4 is 16.9 Å². The zero-order chi connectivity index (χ0) is 14.1. The van der Waals surface area contributed by atoms with Gasteiger partial charge in [-0.25, -0.2) is 4.79 Å². The molecule has 0 unspecified atom stereocenters. The molecule has 0 spiro atoms. The summed E-state index contributed by atoms with van der Waals surface area (Å²) in [7, 11) is 1.38. The summed E-state index contributed by atoms with van der Waals surface area (Å²) in [6.07, 6.45) is 0. The van der Waals surface area contributed by atoms with Crippen LogP contribution in [0.15, 0.2) is 52.9 Å². The van der Waals surface area contributed by atoms with Crippen molar-refractivity contribution in [2.45, 2.75) is 6.92 Å². The smallest absolute Gasteiger partial charge is 0.338 e. The van der Waals surface area contributed by atoms with Gasteiger partial charge in [-0.1, -0.05) is 29.8 Å². The Morgan fingerprint density at radius 1 is 1.10 bits per heavy atom. The number of furan rings is 1. The molecule has 20 heavy (non-hydrogen) atoms. The van der Waals surface area contributed by atoms with Crippen molar-refractivity contribution in [2.24, 2.45) is 0 Å². The molecule has 3 rings (SSSR count). The highest BCUT2D eigenvalue weighted by atomic mass is 16.5. The van der Waals surface area contributed by atoms with Crippen LogP contribution in [-0.4, -0.2) is 13.1 Å². The first-order chi connectivity index (χ1) is 9.69. The molecule has 0 saturated carbocycles. The Bertz CT molecular complexity index is 784. The monoisotopic (exact) mass is 266 g/mol. The minimum Gasteiger partial charge on any atom is -0.465 e. The third-order valence-corrected chi connectivity index (χ3v) is 3.27. The van der Waals surface area contributed by atoms with Crippen molar-refractivity contribution in [1.29, 1.82) is 0 Å². The molecule has 0 saturated heterocycles. The van der Waals surface area contributed by atoms with E-state index in [1.165, 1.54) is 12.7 Å². The Hall–Kier alpha value is -2.55. The van der Waals surface area contributed by atoms with E-state index in [1.54, 1.807) is 6.07 Å². The minimum absolute atomic E-state index is 0.364. The molecular formula is C17H14O3. The number of benzene rings is 2. The van der Waals surface area contributed by atoms with Gasteiger partial charge in [0.05, 0.1) is 12.7 Å². The molecule has 0 amide bonds. The molecule has 0 radical (unpaired) electrons. The third-order valence-electron chi connectivity index (χ3n) is 3.27. The van der Waals surface area contributed by atoms with Crippen molar-refractivity contribution in [1.82, 2.24) is 0 Å². The fraction of sp³-hybridized carbons (Fsp3) is 0.118. The van der Waals surface area contributed by atoms with Gasteiger partial charge >= 0.3 is 5.97 Å². The average molecular weight is 266 g/mol. The molecule has 100 valence electrons. The lowest BCUT2D eigenvalue weighted by atomic mass is 10.0. The van der Waals surface area contributed by atoms with E-state index in [2.05, 4.69) is 6.07 Å². The number of carbonyl (C=O) groups excluding carboxylic acids is 1. The molecule has 0 aliphatic heterocycles. The number of hydrogen-bond donors (Lipinski definition) is 0. The zero-order valence-corrected chi connectivity index (χ0v) is 11.3. The Morgan fingerprint density at radius 2 is 1.90 bits per heavy atom. The number of aryl methyl sites for hydroxylation is 1. The summed E-state index contributed by atoms with van der Waals surface area (Å²) in [4.78, 5) is 11.8. The van der Waals surface area contributed by atoms with Gasteiger partial charge in [-0.05, 0) is 31.2 Å². The first kappa shape index (κ1) is 12.5. The summed E-state index contributed by atoms with van der Waals surface area (Å²) in [5.74, 6) is 0.309. The van der Waals surface area contributed by atoms with Crippen LogP contribution in [0.4, 0.5) is 0 Å². The number of methoxy groups -OCH3 is 1. The Labute approximate surface area is 116 Å². The van der Waals surface area contributed by atoms with Gasteiger partial charge in [-0.3, -0.25) is 0 Å². The van der Waals surface area contributed by atoms with Crippen LogP contribution in [0.1, 0.15) is 15.9 Å². The Morgan fingerprint density at radius 3 is 2.70 bits per heavy atom. The zero-order valence-electron chi connectivity index (χ0n) is 11.3. The maximum atomic E-state index is 11.8. The van der Waals surface area contributed by atoms with Gasteiger partial charge in [0, 0.05) is 10.9 Å². The highest BCUT2D eigenvalue weighted by molar-refractivity contribution is 5.97. The van der Waals surface area contributed by atoms with Crippen molar-refractivity contribution in [3.05, 3.63) is 59.7 Å². The van der Waals surface area contributed by atoms with Gasteiger partial charge < -0.3 is 9.15 Å². The number of ether oxygens (including phenoxy) is 1. The van der Waals surface area contributed by atoms with Crippen LogP contribution in [0.5, 0.6) is 0 Å². The first-order valence-electron chi connectivity index (χ1n) is 6.37. The molecule has 0 aliphatic carbocycles. The topological polar surface area (TPSA) is 39.4 Å². The van der Waals surface area contributed by atoms with Crippen molar-refractivity contribution < 1.29 is 13.9 Å². The van der Waals surface area contributed by atoms with E-state index in [1.807, 2.05) is 43.3 Å². The first-order valence-corrected chi connectivity index (χ1v) is 6.37. The Balaban J connectivity index is 2.18. The molecule has 2 aromatic carbocycles. The largest absolute Gasteiger partial charge is 0.465 e. The van der Waals surface area contributed by atoms with Crippen molar-refractivity contribution in [3.8, 4) is 11.3 Å². The number of esters is 1. The van der Waals surface area contributed by atoms with E-state index < -0.39 is 0 Å². The molecule has 1 aromatic heterocycles. The van der Waals surface area contributed by atoms with Gasteiger partial charge in [0.2, 0.25) is 0 Å². The van der Waals surface area contributed by atoms with Crippen LogP contribution in [0.25, 0.3) is 22.3 Å². The lowest BCUT2D eigenvalue weighted by Gasteiger charge is -2.04. The number of hydrogen-bond acceptors (Lipinski definition) is 3. The lowest BCUT2D eigenvalue weighted by Crippen LogP contribution is -2.02. The molecule has 3 aromatic rings. The van der Waals surface area contributed by atoms with E-state index in [0.717, 1.165) is 16.5 Å². The SMILES string of the molecule is COC(=O)c1ccccc1-c1cc2cc(C)ccc2o1. The van der Waals surface area contributed by atoms with E-state index in [9.17, 15) is 4.79 Å². The molecular weight excluding hydrogens is 252 g/mol. The van der Waals surface area contributed by atoms with Crippen LogP contribution >= 0.6 is 0 Å². The summed E-state index contributed by atoms with van der Waals surface area (Å²) in [5, 5.41) is 1.03. The van der Waals surface area contributed by atoms with Gasteiger partial charge in [-0.2, -0.15) is 0 Å². The standard InChI is InChI=1S/C17H14O3/c1-11-7-8-15-12(9-11)10-16(20-15)13-5-3-4-6-14(13)17(18)19-2/h3-10H,1-2H3. The second kappa shape index (κ2) is 4.85. The summed E-state index contributed by atoms with van der Waals surface area (Å²) in [5.41, 5.74) is 3.23. The predicted molar refractivity (Wildman–Crippen MR) is 77.7 cm³/mol. The molecule has 0 bridgehead atoms. The lowest BCUT2D eigenvalue weighted by molar-refractivity contribution is 0.0601. The second-order valence-corrected chi connectivity index (χ2v) is 4.69. The van der Waals surface area contributed by atoms with Gasteiger partial charge in [0.1, 0.15) is 11.3 Å². The van der Waals surface area contributed by atoms with Gasteiger partial charge in [0.25, 0.3) is 0 Å². The van der Waals surface area contributed by atoms with Crippen LogP contribution in [0, 0.1) is 6.92 Å². The highest BCUT2D eigenvalue weighted by Gasteiger charge is 2.15. The van der Waals surface area contributed by atoms with Crippen LogP contribution in [-0.2, 0) is 4.74 Å². The highest BCUT2D eigenvalue weighted by Crippen LogP contribution is 2.30. The maximum Gasteiger partial charge on any atom is 0.338 e. The fourth-order valence-corrected chi connectivity index (χ4v) is 2.28. The second-order valence-electron chi connectivity index (χ2n) is 4.69. The van der Waals surface area contributed by atoms with Crippen LogP contribution in [0.3, 0.4) is 0 Å². The molecule has 0 fully saturated rings. The summed E-state index contributed by atoms with van der Waals surface area (Å²) in [6, 6.07) is 15.2. The van der Waals surface area contributed by atoms with E-state index in [0.29, 0.717) is 11.3 Å². The molecule has 3 heteroatoms. The average Bonchev–Trinajstić information content (AvgIpc) is 2.89. The molecule has 3 nitrogen and oxygen atoms in total. The number of carbonyl (C=O) groups is 1. The molecule has 1 heterocycles. The molecule has 0 aliphatic rings. The van der Waals surface area contributed by atoms with Crippen LogP contribution < -0.4 is 0 Å². The van der Waals surface area contributed by atoms with Crippen LogP contribution in [0.2, 0.25) is 0 Å². The molecule has 0 N–H and O–H groups in total. The quantitative estimate of drug-likeness (QED) is 0.653. The van der Waals surface area contributed by atoms with E-state index >= 15 is 0 Å². The Kier molecular flexibility index (Phi) is 3.03. The molecule has 0 atom stereocenters. The summed E-state index contributed by atoms with van der Waals surface area (Å²) < 4.78 is 10.6. The predicted octanol–water partition coefficient (Wildman–Crippen LogP) is 4.19. The number of fused-ring (bicyclic) bond motifs is 1. The van der Waals surface area contributed by atoms with Crippen molar-refractivity contribution in [2.75, 3.05) is 7.11 Å². The fourth-order valence-electron chi connectivity index (χ4n) is 2.28. The maximum absolute atomic E-state index is 11.8.